The Hall–Kier alpha value is -2.49. The molecule has 2 aromatic carbocycles. The first-order valence-corrected chi connectivity index (χ1v) is 6.51. The number of nitrogens with one attached hydrogen (secondary N) is 1. The number of ether oxygens (including phenoxy) is 1. The molecule has 0 aliphatic heterocycles. The summed E-state index contributed by atoms with van der Waals surface area (Å²) in [5.74, 6) is 1.07. The first-order chi connectivity index (χ1) is 9.65. The number of rotatable bonds is 6. The van der Waals surface area contributed by atoms with Gasteiger partial charge in [-0.3, -0.25) is 4.79 Å². The highest BCUT2D eigenvalue weighted by molar-refractivity contribution is 5.76. The molecule has 104 valence electrons. The first-order valence-electron chi connectivity index (χ1n) is 6.51. The topological polar surface area (TPSA) is 64.3 Å². The summed E-state index contributed by atoms with van der Waals surface area (Å²) in [6, 6.07) is 17.2. The van der Waals surface area contributed by atoms with Gasteiger partial charge in [0, 0.05) is 12.2 Å². The van der Waals surface area contributed by atoms with E-state index in [1.54, 1.807) is 6.92 Å². The number of nitrogens with two attached hydrogens (primary N) is 1. The molecule has 0 saturated carbocycles. The number of anilines is 1. The summed E-state index contributed by atoms with van der Waals surface area (Å²) >= 11 is 0. The zero-order valence-electron chi connectivity index (χ0n) is 11.4. The lowest BCUT2D eigenvalue weighted by Crippen LogP contribution is -2.26. The van der Waals surface area contributed by atoms with Crippen molar-refractivity contribution < 1.29 is 9.53 Å². The zero-order valence-corrected chi connectivity index (χ0v) is 11.4. The SMILES string of the molecule is CC(CNc1ccc(Oc2ccccc2)cc1)C(N)=O. The molecule has 0 heterocycles. The zero-order chi connectivity index (χ0) is 14.4. The van der Waals surface area contributed by atoms with E-state index in [-0.39, 0.29) is 11.8 Å². The van der Waals surface area contributed by atoms with Gasteiger partial charge < -0.3 is 15.8 Å². The Morgan fingerprint density at radius 1 is 1.10 bits per heavy atom. The molecule has 1 amide bonds. The van der Waals surface area contributed by atoms with Gasteiger partial charge in [0.25, 0.3) is 0 Å². The quantitative estimate of drug-likeness (QED) is 0.848. The lowest BCUT2D eigenvalue weighted by molar-refractivity contribution is -0.120. The number of carbonyl (C=O) groups is 1. The number of amides is 1. The Morgan fingerprint density at radius 2 is 1.70 bits per heavy atom. The van der Waals surface area contributed by atoms with E-state index < -0.39 is 0 Å². The molecule has 0 aliphatic carbocycles. The van der Waals surface area contributed by atoms with Crippen molar-refractivity contribution >= 4 is 11.6 Å². The molecule has 0 aliphatic rings. The number of hydrogen-bond donors (Lipinski definition) is 2. The standard InChI is InChI=1S/C16H18N2O2/c1-12(16(17)19)11-18-13-7-9-15(10-8-13)20-14-5-3-2-4-6-14/h2-10,12,18H,11H2,1H3,(H2,17,19). The van der Waals surface area contributed by atoms with E-state index in [4.69, 9.17) is 10.5 Å². The lowest BCUT2D eigenvalue weighted by Gasteiger charge is -2.11. The highest BCUT2D eigenvalue weighted by Crippen LogP contribution is 2.22. The minimum atomic E-state index is -0.304. The van der Waals surface area contributed by atoms with Crippen LogP contribution in [0.15, 0.2) is 54.6 Å². The van der Waals surface area contributed by atoms with E-state index in [1.165, 1.54) is 0 Å². The van der Waals surface area contributed by atoms with Crippen LogP contribution in [0, 0.1) is 5.92 Å². The Morgan fingerprint density at radius 3 is 2.30 bits per heavy atom. The molecule has 2 rings (SSSR count). The Bertz CT molecular complexity index is 552. The van der Waals surface area contributed by atoms with Crippen LogP contribution in [0.3, 0.4) is 0 Å². The number of carbonyl (C=O) groups excluding carboxylic acids is 1. The fourth-order valence-corrected chi connectivity index (χ4v) is 1.64. The van der Waals surface area contributed by atoms with Crippen molar-refractivity contribution in [1.29, 1.82) is 0 Å². The molecular formula is C16H18N2O2. The van der Waals surface area contributed by atoms with Crippen LogP contribution >= 0.6 is 0 Å². The number of hydrogen-bond acceptors (Lipinski definition) is 3. The Labute approximate surface area is 118 Å². The van der Waals surface area contributed by atoms with Crippen molar-refractivity contribution in [3.8, 4) is 11.5 Å². The average molecular weight is 270 g/mol. The van der Waals surface area contributed by atoms with Crippen molar-refractivity contribution in [3.63, 3.8) is 0 Å². The maximum Gasteiger partial charge on any atom is 0.222 e. The predicted molar refractivity (Wildman–Crippen MR) is 79.8 cm³/mol. The number of para-hydroxylation sites is 1. The Balaban J connectivity index is 1.91. The molecule has 1 atom stereocenters. The average Bonchev–Trinajstić information content (AvgIpc) is 2.47. The van der Waals surface area contributed by atoms with Crippen molar-refractivity contribution in [2.24, 2.45) is 11.7 Å². The molecule has 20 heavy (non-hydrogen) atoms. The number of benzene rings is 2. The van der Waals surface area contributed by atoms with Crippen LogP contribution in [0.1, 0.15) is 6.92 Å². The molecule has 0 radical (unpaired) electrons. The second-order valence-electron chi connectivity index (χ2n) is 4.62. The summed E-state index contributed by atoms with van der Waals surface area (Å²) in [6.07, 6.45) is 0. The third kappa shape index (κ3) is 4.02. The summed E-state index contributed by atoms with van der Waals surface area (Å²) < 4.78 is 5.70. The fourth-order valence-electron chi connectivity index (χ4n) is 1.64. The van der Waals surface area contributed by atoms with Gasteiger partial charge in [-0.25, -0.2) is 0 Å². The van der Waals surface area contributed by atoms with Gasteiger partial charge in [0.1, 0.15) is 11.5 Å². The van der Waals surface area contributed by atoms with Gasteiger partial charge in [-0.2, -0.15) is 0 Å². The normalized spacial score (nSPS) is 11.7. The van der Waals surface area contributed by atoms with Crippen molar-refractivity contribution in [1.82, 2.24) is 0 Å². The second kappa shape index (κ2) is 6.61. The summed E-state index contributed by atoms with van der Waals surface area (Å²) in [5.41, 5.74) is 6.14. The predicted octanol–water partition coefficient (Wildman–Crippen LogP) is 3.01. The molecular weight excluding hydrogens is 252 g/mol. The smallest absolute Gasteiger partial charge is 0.222 e. The van der Waals surface area contributed by atoms with Crippen LogP contribution in [-0.4, -0.2) is 12.5 Å². The van der Waals surface area contributed by atoms with E-state index in [0.717, 1.165) is 17.2 Å². The largest absolute Gasteiger partial charge is 0.457 e. The summed E-state index contributed by atoms with van der Waals surface area (Å²) in [5, 5.41) is 3.16. The van der Waals surface area contributed by atoms with E-state index in [2.05, 4.69) is 5.32 Å². The van der Waals surface area contributed by atoms with E-state index in [1.807, 2.05) is 54.6 Å². The highest BCUT2D eigenvalue weighted by atomic mass is 16.5. The maximum atomic E-state index is 10.9. The summed E-state index contributed by atoms with van der Waals surface area (Å²) in [6.45, 7) is 2.32. The minimum Gasteiger partial charge on any atom is -0.457 e. The van der Waals surface area contributed by atoms with Gasteiger partial charge in [0.05, 0.1) is 5.92 Å². The first kappa shape index (κ1) is 13.9. The van der Waals surface area contributed by atoms with Crippen molar-refractivity contribution in [3.05, 3.63) is 54.6 Å². The molecule has 4 nitrogen and oxygen atoms in total. The molecule has 4 heteroatoms. The van der Waals surface area contributed by atoms with Crippen LogP contribution < -0.4 is 15.8 Å². The van der Waals surface area contributed by atoms with Gasteiger partial charge >= 0.3 is 0 Å². The summed E-state index contributed by atoms with van der Waals surface area (Å²) in [7, 11) is 0. The van der Waals surface area contributed by atoms with Crippen molar-refractivity contribution in [2.45, 2.75) is 6.92 Å². The second-order valence-corrected chi connectivity index (χ2v) is 4.62. The molecule has 3 N–H and O–H groups in total. The molecule has 0 aromatic heterocycles. The van der Waals surface area contributed by atoms with Crippen LogP contribution in [-0.2, 0) is 4.79 Å². The highest BCUT2D eigenvalue weighted by Gasteiger charge is 2.07. The van der Waals surface area contributed by atoms with Crippen LogP contribution in [0.5, 0.6) is 11.5 Å². The van der Waals surface area contributed by atoms with Gasteiger partial charge in [0.2, 0.25) is 5.91 Å². The van der Waals surface area contributed by atoms with E-state index in [0.29, 0.717) is 6.54 Å². The number of primary amides is 1. The van der Waals surface area contributed by atoms with Crippen molar-refractivity contribution in [2.75, 3.05) is 11.9 Å². The van der Waals surface area contributed by atoms with Crippen LogP contribution in [0.4, 0.5) is 5.69 Å². The van der Waals surface area contributed by atoms with Crippen LogP contribution in [0.25, 0.3) is 0 Å². The lowest BCUT2D eigenvalue weighted by atomic mass is 10.1. The monoisotopic (exact) mass is 270 g/mol. The van der Waals surface area contributed by atoms with E-state index >= 15 is 0 Å². The maximum absolute atomic E-state index is 10.9. The third-order valence-electron chi connectivity index (χ3n) is 2.93. The molecule has 0 bridgehead atoms. The molecule has 0 saturated heterocycles. The Kier molecular flexibility index (Phi) is 4.60. The fraction of sp³-hybridized carbons (Fsp3) is 0.188. The van der Waals surface area contributed by atoms with Gasteiger partial charge in [-0.1, -0.05) is 25.1 Å². The molecule has 0 spiro atoms. The van der Waals surface area contributed by atoms with Crippen LogP contribution in [0.2, 0.25) is 0 Å². The molecule has 2 aromatic rings. The third-order valence-corrected chi connectivity index (χ3v) is 2.93. The molecule has 0 fully saturated rings. The van der Waals surface area contributed by atoms with E-state index in [9.17, 15) is 4.79 Å². The van der Waals surface area contributed by atoms with Gasteiger partial charge in [-0.15, -0.1) is 0 Å². The molecule has 1 unspecified atom stereocenters. The van der Waals surface area contributed by atoms with Gasteiger partial charge in [0.15, 0.2) is 0 Å². The minimum absolute atomic E-state index is 0.199. The van der Waals surface area contributed by atoms with Gasteiger partial charge in [-0.05, 0) is 36.4 Å². The summed E-state index contributed by atoms with van der Waals surface area (Å²) in [4.78, 5) is 10.9.